The van der Waals surface area contributed by atoms with Gasteiger partial charge in [0.1, 0.15) is 12.4 Å². The van der Waals surface area contributed by atoms with Crippen molar-refractivity contribution in [1.29, 1.82) is 0 Å². The van der Waals surface area contributed by atoms with Crippen molar-refractivity contribution in [2.24, 2.45) is 4.99 Å². The molecule has 128 valence electrons. The molecule has 2 aliphatic rings. The van der Waals surface area contributed by atoms with E-state index in [9.17, 15) is 0 Å². The van der Waals surface area contributed by atoms with Crippen molar-refractivity contribution in [3.8, 4) is 0 Å². The molecule has 0 unspecified atom stereocenters. The Morgan fingerprint density at radius 1 is 1.30 bits per heavy atom. The lowest BCUT2D eigenvalue weighted by atomic mass is 10.2. The molecule has 0 bridgehead atoms. The SMILES string of the molecule is CCNC(=NCc1nnc2n1CCCC2)N1CCSC(C)(C)C1. The van der Waals surface area contributed by atoms with Crippen LogP contribution in [0.2, 0.25) is 0 Å². The van der Waals surface area contributed by atoms with Gasteiger partial charge in [0, 0.05) is 43.1 Å². The fourth-order valence-electron chi connectivity index (χ4n) is 3.25. The maximum Gasteiger partial charge on any atom is 0.194 e. The molecule has 3 rings (SSSR count). The van der Waals surface area contributed by atoms with Gasteiger partial charge in [0.25, 0.3) is 0 Å². The zero-order valence-electron chi connectivity index (χ0n) is 14.5. The molecule has 1 N–H and O–H groups in total. The van der Waals surface area contributed by atoms with Crippen LogP contribution in [0.5, 0.6) is 0 Å². The summed E-state index contributed by atoms with van der Waals surface area (Å²) in [5.41, 5.74) is 0. The Labute approximate surface area is 143 Å². The summed E-state index contributed by atoms with van der Waals surface area (Å²) in [6.45, 7) is 11.4. The Kier molecular flexibility index (Phi) is 5.14. The van der Waals surface area contributed by atoms with Gasteiger partial charge in [0.15, 0.2) is 11.8 Å². The molecule has 0 saturated carbocycles. The first-order valence-electron chi connectivity index (χ1n) is 8.67. The molecule has 2 aliphatic heterocycles. The van der Waals surface area contributed by atoms with Gasteiger partial charge in [-0.3, -0.25) is 0 Å². The first kappa shape index (κ1) is 16.6. The third-order valence-electron chi connectivity index (χ3n) is 4.37. The van der Waals surface area contributed by atoms with E-state index in [1.807, 2.05) is 11.8 Å². The molecule has 0 amide bonds. The molecule has 3 heterocycles. The van der Waals surface area contributed by atoms with Crippen molar-refractivity contribution < 1.29 is 0 Å². The number of nitrogens with one attached hydrogen (secondary N) is 1. The van der Waals surface area contributed by atoms with Gasteiger partial charge in [-0.25, -0.2) is 4.99 Å². The molecule has 1 fully saturated rings. The Balaban J connectivity index is 1.73. The predicted octanol–water partition coefficient (Wildman–Crippen LogP) is 1.91. The maximum atomic E-state index is 4.85. The van der Waals surface area contributed by atoms with Gasteiger partial charge in [-0.1, -0.05) is 0 Å². The molecule has 1 aromatic rings. The lowest BCUT2D eigenvalue weighted by Crippen LogP contribution is -2.51. The normalized spacial score (nSPS) is 21.2. The molecule has 0 aliphatic carbocycles. The zero-order valence-corrected chi connectivity index (χ0v) is 15.3. The standard InChI is InChI=1S/C16H28N6S/c1-4-17-15(21-9-10-23-16(2,3)12-21)18-11-14-20-19-13-7-5-6-8-22(13)14/h4-12H2,1-3H3,(H,17,18). The fourth-order valence-corrected chi connectivity index (χ4v) is 4.37. The third kappa shape index (κ3) is 4.00. The van der Waals surface area contributed by atoms with E-state index in [0.717, 1.165) is 56.0 Å². The zero-order chi connectivity index (χ0) is 16.3. The van der Waals surface area contributed by atoms with Crippen LogP contribution in [0, 0.1) is 0 Å². The Morgan fingerprint density at radius 3 is 2.96 bits per heavy atom. The Morgan fingerprint density at radius 2 is 2.17 bits per heavy atom. The molecule has 0 aromatic carbocycles. The van der Waals surface area contributed by atoms with Crippen molar-refractivity contribution in [1.82, 2.24) is 25.0 Å². The van der Waals surface area contributed by atoms with Crippen LogP contribution in [0.4, 0.5) is 0 Å². The number of fused-ring (bicyclic) bond motifs is 1. The van der Waals surface area contributed by atoms with E-state index in [2.05, 4.69) is 45.8 Å². The van der Waals surface area contributed by atoms with Crippen molar-refractivity contribution in [3.63, 3.8) is 0 Å². The number of hydrogen-bond donors (Lipinski definition) is 1. The highest BCUT2D eigenvalue weighted by molar-refractivity contribution is 8.00. The van der Waals surface area contributed by atoms with Crippen molar-refractivity contribution in [2.45, 2.75) is 57.9 Å². The molecule has 0 spiro atoms. The largest absolute Gasteiger partial charge is 0.357 e. The second kappa shape index (κ2) is 7.11. The predicted molar refractivity (Wildman–Crippen MR) is 95.9 cm³/mol. The molecular formula is C16H28N6S. The summed E-state index contributed by atoms with van der Waals surface area (Å²) in [7, 11) is 0. The van der Waals surface area contributed by atoms with Gasteiger partial charge in [-0.2, -0.15) is 11.8 Å². The number of thioether (sulfide) groups is 1. The molecule has 0 radical (unpaired) electrons. The molecular weight excluding hydrogens is 308 g/mol. The van der Waals surface area contributed by atoms with Gasteiger partial charge in [0.05, 0.1) is 0 Å². The number of nitrogens with zero attached hydrogens (tertiary/aromatic N) is 5. The van der Waals surface area contributed by atoms with E-state index in [1.165, 1.54) is 12.8 Å². The summed E-state index contributed by atoms with van der Waals surface area (Å²) < 4.78 is 2.54. The van der Waals surface area contributed by atoms with Crippen LogP contribution in [-0.2, 0) is 19.5 Å². The summed E-state index contributed by atoms with van der Waals surface area (Å²) in [5.74, 6) is 4.29. The number of guanidine groups is 1. The van der Waals surface area contributed by atoms with Gasteiger partial charge >= 0.3 is 0 Å². The van der Waals surface area contributed by atoms with E-state index in [-0.39, 0.29) is 4.75 Å². The van der Waals surface area contributed by atoms with E-state index < -0.39 is 0 Å². The highest BCUT2D eigenvalue weighted by atomic mass is 32.2. The van der Waals surface area contributed by atoms with Crippen LogP contribution in [0.1, 0.15) is 45.3 Å². The van der Waals surface area contributed by atoms with E-state index in [4.69, 9.17) is 4.99 Å². The van der Waals surface area contributed by atoms with Gasteiger partial charge in [0.2, 0.25) is 0 Å². The second-order valence-corrected chi connectivity index (χ2v) is 8.64. The summed E-state index contributed by atoms with van der Waals surface area (Å²) in [6, 6.07) is 0. The Hall–Kier alpha value is -1.24. The van der Waals surface area contributed by atoms with Gasteiger partial charge in [-0.05, 0) is 33.6 Å². The molecule has 1 saturated heterocycles. The summed E-state index contributed by atoms with van der Waals surface area (Å²) in [6.07, 6.45) is 3.50. The minimum atomic E-state index is 0.280. The highest BCUT2D eigenvalue weighted by Crippen LogP contribution is 2.29. The third-order valence-corrected chi connectivity index (χ3v) is 5.66. The van der Waals surface area contributed by atoms with Crippen LogP contribution in [0.3, 0.4) is 0 Å². The Bertz CT molecular complexity index is 565. The molecule has 23 heavy (non-hydrogen) atoms. The number of rotatable bonds is 3. The minimum Gasteiger partial charge on any atom is -0.357 e. The molecule has 7 heteroatoms. The summed E-state index contributed by atoms with van der Waals surface area (Å²) in [5, 5.41) is 12.1. The van der Waals surface area contributed by atoms with Crippen LogP contribution >= 0.6 is 11.8 Å². The van der Waals surface area contributed by atoms with Gasteiger partial charge < -0.3 is 14.8 Å². The average molecular weight is 337 g/mol. The minimum absolute atomic E-state index is 0.280. The maximum absolute atomic E-state index is 4.85. The van der Waals surface area contributed by atoms with Crippen LogP contribution in [0.15, 0.2) is 4.99 Å². The molecule has 1 aromatic heterocycles. The van der Waals surface area contributed by atoms with Crippen molar-refractivity contribution in [3.05, 3.63) is 11.6 Å². The van der Waals surface area contributed by atoms with E-state index in [0.29, 0.717) is 6.54 Å². The van der Waals surface area contributed by atoms with E-state index in [1.54, 1.807) is 0 Å². The lowest BCUT2D eigenvalue weighted by Gasteiger charge is -2.39. The smallest absolute Gasteiger partial charge is 0.194 e. The molecule has 0 atom stereocenters. The number of hydrogen-bond acceptors (Lipinski definition) is 4. The topological polar surface area (TPSA) is 58.3 Å². The molecule has 6 nitrogen and oxygen atoms in total. The van der Waals surface area contributed by atoms with Gasteiger partial charge in [-0.15, -0.1) is 10.2 Å². The summed E-state index contributed by atoms with van der Waals surface area (Å²) >= 11 is 2.04. The second-order valence-electron chi connectivity index (χ2n) is 6.84. The van der Waals surface area contributed by atoms with Crippen molar-refractivity contribution in [2.75, 3.05) is 25.4 Å². The first-order valence-corrected chi connectivity index (χ1v) is 9.66. The fraction of sp³-hybridized carbons (Fsp3) is 0.812. The van der Waals surface area contributed by atoms with Crippen LogP contribution in [0.25, 0.3) is 0 Å². The number of aliphatic imine (C=N–C) groups is 1. The van der Waals surface area contributed by atoms with E-state index >= 15 is 0 Å². The quantitative estimate of drug-likeness (QED) is 0.675. The van der Waals surface area contributed by atoms with Crippen molar-refractivity contribution >= 4 is 17.7 Å². The monoisotopic (exact) mass is 336 g/mol. The number of aryl methyl sites for hydroxylation is 1. The first-order chi connectivity index (χ1) is 11.1. The van der Waals surface area contributed by atoms with Crippen LogP contribution in [-0.4, -0.2) is 55.8 Å². The lowest BCUT2D eigenvalue weighted by molar-refractivity contribution is 0.375. The average Bonchev–Trinajstić information content (AvgIpc) is 2.94. The highest BCUT2D eigenvalue weighted by Gasteiger charge is 2.28. The van der Waals surface area contributed by atoms with Crippen LogP contribution < -0.4 is 5.32 Å². The summed E-state index contributed by atoms with van der Waals surface area (Å²) in [4.78, 5) is 7.23. The number of aromatic nitrogens is 3.